The maximum atomic E-state index is 4.40. The van der Waals surface area contributed by atoms with Crippen molar-refractivity contribution in [3.63, 3.8) is 0 Å². The van der Waals surface area contributed by atoms with E-state index in [1.54, 1.807) is 0 Å². The summed E-state index contributed by atoms with van der Waals surface area (Å²) in [5, 5.41) is 4.37. The van der Waals surface area contributed by atoms with Crippen molar-refractivity contribution < 1.29 is 21.1 Å². The molecule has 5 aromatic rings. The summed E-state index contributed by atoms with van der Waals surface area (Å²) >= 11 is 0. The normalized spacial score (nSPS) is 10.1. The molecule has 4 nitrogen and oxygen atoms in total. The van der Waals surface area contributed by atoms with E-state index in [1.807, 2.05) is 97.1 Å². The minimum atomic E-state index is 0. The van der Waals surface area contributed by atoms with Gasteiger partial charge in [-0.05, 0) is 25.6 Å². The first kappa shape index (κ1) is 23.4. The fourth-order valence-electron chi connectivity index (χ4n) is 3.48. The molecule has 0 saturated carbocycles. The minimum Gasteiger partial charge on any atom is -0.373 e. The van der Waals surface area contributed by atoms with Gasteiger partial charge in [0.25, 0.3) is 0 Å². The Labute approximate surface area is 203 Å². The first-order valence-electron chi connectivity index (χ1n) is 10.2. The van der Waals surface area contributed by atoms with Crippen molar-refractivity contribution in [2.24, 2.45) is 7.05 Å². The molecule has 0 saturated heterocycles. The molecule has 0 atom stereocenters. The number of nitrogens with zero attached hydrogens (tertiary/aromatic N) is 4. The summed E-state index contributed by atoms with van der Waals surface area (Å²) in [6.07, 6.45) is 3.76. The largest absolute Gasteiger partial charge is 2.00 e. The van der Waals surface area contributed by atoms with Crippen LogP contribution in [0.5, 0.6) is 0 Å². The van der Waals surface area contributed by atoms with Gasteiger partial charge in [-0.1, -0.05) is 41.5 Å². The molecule has 162 valence electrons. The zero-order chi connectivity index (χ0) is 21.6. The van der Waals surface area contributed by atoms with E-state index in [4.69, 9.17) is 0 Å². The van der Waals surface area contributed by atoms with Crippen LogP contribution in [0.25, 0.3) is 28.2 Å². The number of rotatable bonds is 3. The van der Waals surface area contributed by atoms with Gasteiger partial charge in [0, 0.05) is 25.1 Å². The summed E-state index contributed by atoms with van der Waals surface area (Å²) in [4.78, 5) is 4.40. The van der Waals surface area contributed by atoms with Gasteiger partial charge >= 0.3 is 21.1 Å². The Morgan fingerprint density at radius 2 is 1.59 bits per heavy atom. The van der Waals surface area contributed by atoms with Crippen molar-refractivity contribution in [1.82, 2.24) is 19.3 Å². The second-order valence-electron chi connectivity index (χ2n) is 7.27. The van der Waals surface area contributed by atoms with Gasteiger partial charge in [-0.3, -0.25) is 9.67 Å². The van der Waals surface area contributed by atoms with E-state index in [0.717, 1.165) is 34.0 Å². The molecule has 0 amide bonds. The third-order valence-electron chi connectivity index (χ3n) is 4.92. The van der Waals surface area contributed by atoms with Crippen LogP contribution in [0.1, 0.15) is 11.4 Å². The summed E-state index contributed by atoms with van der Waals surface area (Å²) in [5.41, 5.74) is 6.55. The van der Waals surface area contributed by atoms with Crippen LogP contribution >= 0.6 is 0 Å². The number of benzene rings is 3. The standard InChI is InChI=1S/C16H13N2.C11H11N2.Pt/c1-18-12-11-17-16(18)15-10-6-5-9-14(15)13-7-3-2-4-8-13;1-9-8-10(2)13(12-9)11-6-4-3-5-7-11;/h2-9,11-12H,1H3;3-6,8H,1-2H3;/q2*-1;+2. The van der Waals surface area contributed by atoms with Gasteiger partial charge < -0.3 is 4.57 Å². The zero-order valence-electron chi connectivity index (χ0n) is 18.3. The van der Waals surface area contributed by atoms with Crippen LogP contribution in [-0.4, -0.2) is 19.3 Å². The monoisotopic (exact) mass is 599 g/mol. The Hall–Kier alpha value is -3.23. The molecule has 5 rings (SSSR count). The summed E-state index contributed by atoms with van der Waals surface area (Å²) in [7, 11) is 2.00. The van der Waals surface area contributed by atoms with E-state index >= 15 is 0 Å². The molecule has 0 radical (unpaired) electrons. The zero-order valence-corrected chi connectivity index (χ0v) is 20.5. The third kappa shape index (κ3) is 5.33. The van der Waals surface area contributed by atoms with Crippen LogP contribution in [0.4, 0.5) is 0 Å². The van der Waals surface area contributed by atoms with Crippen molar-refractivity contribution in [3.05, 3.63) is 115 Å². The van der Waals surface area contributed by atoms with E-state index in [-0.39, 0.29) is 21.1 Å². The maximum Gasteiger partial charge on any atom is 2.00 e. The molecular weight excluding hydrogens is 575 g/mol. The van der Waals surface area contributed by atoms with Gasteiger partial charge in [0.05, 0.1) is 11.5 Å². The number of para-hydroxylation sites is 1. The minimum absolute atomic E-state index is 0. The van der Waals surface area contributed by atoms with E-state index in [0.29, 0.717) is 0 Å². The summed E-state index contributed by atoms with van der Waals surface area (Å²) < 4.78 is 3.91. The van der Waals surface area contributed by atoms with Crippen LogP contribution in [-0.2, 0) is 28.1 Å². The van der Waals surface area contributed by atoms with Gasteiger partial charge in [-0.2, -0.15) is 29.4 Å². The van der Waals surface area contributed by atoms with Crippen molar-refractivity contribution in [2.75, 3.05) is 0 Å². The number of aromatic nitrogens is 4. The molecule has 2 heterocycles. The molecule has 2 aromatic heterocycles. The van der Waals surface area contributed by atoms with E-state index in [1.165, 1.54) is 5.56 Å². The molecule has 0 bridgehead atoms. The van der Waals surface area contributed by atoms with E-state index in [9.17, 15) is 0 Å². The molecule has 32 heavy (non-hydrogen) atoms. The van der Waals surface area contributed by atoms with Crippen molar-refractivity contribution in [3.8, 4) is 28.2 Å². The Morgan fingerprint density at radius 3 is 2.22 bits per heavy atom. The first-order valence-corrected chi connectivity index (χ1v) is 10.2. The van der Waals surface area contributed by atoms with Gasteiger partial charge in [-0.25, -0.2) is 0 Å². The molecule has 0 aliphatic heterocycles. The average molecular weight is 600 g/mol. The predicted molar refractivity (Wildman–Crippen MR) is 125 cm³/mol. The molecule has 0 fully saturated rings. The van der Waals surface area contributed by atoms with Crippen molar-refractivity contribution >= 4 is 0 Å². The molecule has 0 N–H and O–H groups in total. The smallest absolute Gasteiger partial charge is 0.373 e. The Bertz CT molecular complexity index is 1260. The molecule has 3 aromatic carbocycles. The van der Waals surface area contributed by atoms with Gasteiger partial charge in [-0.15, -0.1) is 35.9 Å². The summed E-state index contributed by atoms with van der Waals surface area (Å²) in [5.74, 6) is 0.939. The molecule has 0 aliphatic carbocycles. The third-order valence-corrected chi connectivity index (χ3v) is 4.92. The fourth-order valence-corrected chi connectivity index (χ4v) is 3.48. The number of aryl methyl sites for hydroxylation is 3. The van der Waals surface area contributed by atoms with Gasteiger partial charge in [0.1, 0.15) is 0 Å². The number of hydrogen-bond donors (Lipinski definition) is 0. The molecule has 0 unspecified atom stereocenters. The van der Waals surface area contributed by atoms with Gasteiger partial charge in [0.15, 0.2) is 0 Å². The molecular formula is C27H24N4Pt. The van der Waals surface area contributed by atoms with E-state index in [2.05, 4.69) is 46.5 Å². The molecule has 5 heteroatoms. The summed E-state index contributed by atoms with van der Waals surface area (Å²) in [6, 6.07) is 32.7. The van der Waals surface area contributed by atoms with E-state index < -0.39 is 0 Å². The Kier molecular flexibility index (Phi) is 7.97. The first-order chi connectivity index (χ1) is 15.1. The Morgan fingerprint density at radius 1 is 0.844 bits per heavy atom. The van der Waals surface area contributed by atoms with Crippen molar-refractivity contribution in [2.45, 2.75) is 13.8 Å². The Balaban J connectivity index is 0.000000184. The van der Waals surface area contributed by atoms with Crippen LogP contribution in [0.2, 0.25) is 0 Å². The van der Waals surface area contributed by atoms with Crippen LogP contribution < -0.4 is 0 Å². The average Bonchev–Trinajstić information content (AvgIpc) is 3.39. The quantitative estimate of drug-likeness (QED) is 0.245. The van der Waals surface area contributed by atoms with Crippen LogP contribution in [0.3, 0.4) is 0 Å². The van der Waals surface area contributed by atoms with Crippen LogP contribution in [0.15, 0.2) is 91.3 Å². The second-order valence-corrected chi connectivity index (χ2v) is 7.27. The summed E-state index contributed by atoms with van der Waals surface area (Å²) in [6.45, 7) is 4.04. The van der Waals surface area contributed by atoms with Crippen LogP contribution in [0, 0.1) is 26.0 Å². The predicted octanol–water partition coefficient (Wildman–Crippen LogP) is 5.84. The number of imidazole rings is 1. The van der Waals surface area contributed by atoms with Gasteiger partial charge in [0.2, 0.25) is 0 Å². The SMILES string of the molecule is Cc1cc(C)n(-c2[c-]cccc2)n1.Cn1ccnc1-c1[c-]cccc1-c1ccccc1.[Pt+2]. The van der Waals surface area contributed by atoms with Crippen molar-refractivity contribution in [1.29, 1.82) is 0 Å². The number of hydrogen-bond acceptors (Lipinski definition) is 2. The second kappa shape index (κ2) is 10.9. The molecule has 0 spiro atoms. The fraction of sp³-hybridized carbons (Fsp3) is 0.111. The maximum absolute atomic E-state index is 4.40. The molecule has 0 aliphatic rings. The topological polar surface area (TPSA) is 35.6 Å².